The fourth-order valence-corrected chi connectivity index (χ4v) is 2.14. The summed E-state index contributed by atoms with van der Waals surface area (Å²) in [5, 5.41) is 13.0. The summed E-state index contributed by atoms with van der Waals surface area (Å²) in [4.78, 5) is 0. The van der Waals surface area contributed by atoms with E-state index in [2.05, 4.69) is 32.2 Å². The van der Waals surface area contributed by atoms with Crippen LogP contribution in [0.15, 0.2) is 6.07 Å². The van der Waals surface area contributed by atoms with Crippen LogP contribution in [0, 0.1) is 20.8 Å². The summed E-state index contributed by atoms with van der Waals surface area (Å²) in [5.74, 6) is 0.971. The lowest BCUT2D eigenvalue weighted by atomic mass is 9.98. The molecule has 0 heterocycles. The van der Waals surface area contributed by atoms with Gasteiger partial charge in [-0.25, -0.2) is 0 Å². The van der Waals surface area contributed by atoms with Crippen molar-refractivity contribution in [3.63, 3.8) is 0 Å². The van der Waals surface area contributed by atoms with Gasteiger partial charge < -0.3 is 15.2 Å². The van der Waals surface area contributed by atoms with Gasteiger partial charge in [0.25, 0.3) is 0 Å². The zero-order valence-corrected chi connectivity index (χ0v) is 12.3. The minimum Gasteiger partial charge on any atom is -0.496 e. The predicted molar refractivity (Wildman–Crippen MR) is 75.2 cm³/mol. The maximum Gasteiger partial charge on any atom is 0.124 e. The number of hydrogen-bond acceptors (Lipinski definition) is 3. The van der Waals surface area contributed by atoms with Crippen LogP contribution in [0.25, 0.3) is 0 Å². The molecule has 0 aliphatic carbocycles. The number of nitrogens with one attached hydrogen (secondary N) is 1. The number of aryl methyl sites for hydroxylation is 1. The molecule has 1 aromatic carbocycles. The van der Waals surface area contributed by atoms with Gasteiger partial charge in [0.1, 0.15) is 5.75 Å². The first-order chi connectivity index (χ1) is 8.26. The summed E-state index contributed by atoms with van der Waals surface area (Å²) in [5.41, 5.74) is 4.18. The van der Waals surface area contributed by atoms with Gasteiger partial charge in [-0.15, -0.1) is 0 Å². The van der Waals surface area contributed by atoms with E-state index in [-0.39, 0.29) is 0 Å². The first kappa shape index (κ1) is 15.0. The van der Waals surface area contributed by atoms with E-state index in [1.807, 2.05) is 0 Å². The van der Waals surface area contributed by atoms with Gasteiger partial charge in [-0.3, -0.25) is 0 Å². The molecule has 102 valence electrons. The third kappa shape index (κ3) is 3.72. The quantitative estimate of drug-likeness (QED) is 0.845. The normalized spacial score (nSPS) is 11.7. The van der Waals surface area contributed by atoms with Gasteiger partial charge in [0.05, 0.1) is 12.7 Å². The summed E-state index contributed by atoms with van der Waals surface area (Å²) in [6.07, 6.45) is 0. The highest BCUT2D eigenvalue weighted by atomic mass is 16.5. The van der Waals surface area contributed by atoms with Crippen LogP contribution < -0.4 is 10.1 Å². The van der Waals surface area contributed by atoms with Crippen LogP contribution in [0.3, 0.4) is 0 Å². The Morgan fingerprint density at radius 1 is 1.22 bits per heavy atom. The summed E-state index contributed by atoms with van der Waals surface area (Å²) < 4.78 is 5.41. The lowest BCUT2D eigenvalue weighted by molar-refractivity contribution is 0.0795. The number of benzene rings is 1. The summed E-state index contributed by atoms with van der Waals surface area (Å²) >= 11 is 0. The molecule has 0 amide bonds. The fraction of sp³-hybridized carbons (Fsp3) is 0.600. The Labute approximate surface area is 110 Å². The molecule has 0 unspecified atom stereocenters. The van der Waals surface area contributed by atoms with Gasteiger partial charge in [-0.1, -0.05) is 6.07 Å². The molecule has 0 bridgehead atoms. The molecule has 1 rings (SSSR count). The van der Waals surface area contributed by atoms with Crippen molar-refractivity contribution >= 4 is 0 Å². The van der Waals surface area contributed by atoms with Gasteiger partial charge in [0.15, 0.2) is 0 Å². The number of methoxy groups -OCH3 is 1. The minimum absolute atomic E-state index is 0.580. The van der Waals surface area contributed by atoms with Crippen molar-refractivity contribution < 1.29 is 9.84 Å². The van der Waals surface area contributed by atoms with Gasteiger partial charge in [-0.05, 0) is 56.9 Å². The molecule has 0 spiro atoms. The second-order valence-corrected chi connectivity index (χ2v) is 5.55. The van der Waals surface area contributed by atoms with Crippen LogP contribution in [-0.4, -0.2) is 24.4 Å². The van der Waals surface area contributed by atoms with E-state index in [1.165, 1.54) is 16.7 Å². The van der Waals surface area contributed by atoms with Crippen LogP contribution in [0.1, 0.15) is 36.1 Å². The van der Waals surface area contributed by atoms with Crippen molar-refractivity contribution in [2.45, 2.75) is 46.8 Å². The van der Waals surface area contributed by atoms with E-state index in [9.17, 15) is 5.11 Å². The summed E-state index contributed by atoms with van der Waals surface area (Å²) in [6, 6.07) is 2.15. The van der Waals surface area contributed by atoms with Crippen molar-refractivity contribution in [1.29, 1.82) is 0 Å². The van der Waals surface area contributed by atoms with E-state index in [4.69, 9.17) is 4.74 Å². The molecule has 3 heteroatoms. The zero-order valence-electron chi connectivity index (χ0n) is 12.3. The second kappa shape index (κ2) is 5.72. The van der Waals surface area contributed by atoms with E-state index < -0.39 is 5.60 Å². The number of aliphatic hydroxyl groups is 1. The van der Waals surface area contributed by atoms with Crippen LogP contribution in [0.5, 0.6) is 5.75 Å². The highest BCUT2D eigenvalue weighted by Crippen LogP contribution is 2.28. The topological polar surface area (TPSA) is 41.5 Å². The molecule has 0 aromatic heterocycles. The maximum atomic E-state index is 9.67. The van der Waals surface area contributed by atoms with Crippen LogP contribution in [0.2, 0.25) is 0 Å². The average Bonchev–Trinajstić information content (AvgIpc) is 2.24. The van der Waals surface area contributed by atoms with Crippen LogP contribution in [-0.2, 0) is 6.54 Å². The third-order valence-corrected chi connectivity index (χ3v) is 3.21. The lowest BCUT2D eigenvalue weighted by Crippen LogP contribution is -2.34. The Hall–Kier alpha value is -1.06. The Balaban J connectivity index is 2.85. The van der Waals surface area contributed by atoms with Crippen molar-refractivity contribution in [1.82, 2.24) is 5.32 Å². The highest BCUT2D eigenvalue weighted by Gasteiger charge is 2.13. The standard InChI is InChI=1S/C15H25NO2/c1-10-7-13(8-16-9-15(4,5)17)11(2)12(3)14(10)18-6/h7,16-17H,8-9H2,1-6H3. The molecule has 0 saturated heterocycles. The second-order valence-electron chi connectivity index (χ2n) is 5.55. The highest BCUT2D eigenvalue weighted by molar-refractivity contribution is 5.48. The molecule has 0 atom stereocenters. The predicted octanol–water partition coefficient (Wildman–Crippen LogP) is 2.48. The first-order valence-electron chi connectivity index (χ1n) is 6.33. The summed E-state index contributed by atoms with van der Waals surface area (Å²) in [6.45, 7) is 11.2. The number of rotatable bonds is 5. The molecule has 18 heavy (non-hydrogen) atoms. The average molecular weight is 251 g/mol. The Morgan fingerprint density at radius 2 is 1.83 bits per heavy atom. The molecule has 0 aliphatic heterocycles. The smallest absolute Gasteiger partial charge is 0.124 e. The SMILES string of the molecule is COc1c(C)cc(CNCC(C)(C)O)c(C)c1C. The molecule has 1 aromatic rings. The largest absolute Gasteiger partial charge is 0.496 e. The maximum absolute atomic E-state index is 9.67. The molecule has 2 N–H and O–H groups in total. The van der Waals surface area contributed by atoms with E-state index >= 15 is 0 Å². The van der Waals surface area contributed by atoms with Crippen molar-refractivity contribution in [3.05, 3.63) is 28.3 Å². The zero-order chi connectivity index (χ0) is 13.9. The minimum atomic E-state index is -0.676. The van der Waals surface area contributed by atoms with Gasteiger partial charge in [0, 0.05) is 13.1 Å². The summed E-state index contributed by atoms with van der Waals surface area (Å²) in [7, 11) is 1.71. The van der Waals surface area contributed by atoms with E-state index in [1.54, 1.807) is 21.0 Å². The van der Waals surface area contributed by atoms with E-state index in [0.29, 0.717) is 6.54 Å². The van der Waals surface area contributed by atoms with E-state index in [0.717, 1.165) is 17.9 Å². The fourth-order valence-electron chi connectivity index (χ4n) is 2.14. The number of hydrogen-bond donors (Lipinski definition) is 2. The molecule has 0 aliphatic rings. The van der Waals surface area contributed by atoms with Gasteiger partial charge in [-0.2, -0.15) is 0 Å². The monoisotopic (exact) mass is 251 g/mol. The first-order valence-corrected chi connectivity index (χ1v) is 6.33. The third-order valence-electron chi connectivity index (χ3n) is 3.21. The van der Waals surface area contributed by atoms with Crippen molar-refractivity contribution in [2.75, 3.05) is 13.7 Å². The Morgan fingerprint density at radius 3 is 2.33 bits per heavy atom. The lowest BCUT2D eigenvalue weighted by Gasteiger charge is -2.20. The molecule has 0 radical (unpaired) electrons. The molecular weight excluding hydrogens is 226 g/mol. The molecule has 0 fully saturated rings. The van der Waals surface area contributed by atoms with Crippen molar-refractivity contribution in [2.24, 2.45) is 0 Å². The van der Waals surface area contributed by atoms with Crippen LogP contribution in [0.4, 0.5) is 0 Å². The van der Waals surface area contributed by atoms with Crippen LogP contribution >= 0.6 is 0 Å². The van der Waals surface area contributed by atoms with Gasteiger partial charge in [0.2, 0.25) is 0 Å². The molecule has 0 saturated carbocycles. The Bertz CT molecular complexity index is 419. The van der Waals surface area contributed by atoms with Crippen molar-refractivity contribution in [3.8, 4) is 5.75 Å². The molecular formula is C15H25NO2. The molecule has 3 nitrogen and oxygen atoms in total. The Kier molecular flexibility index (Phi) is 4.77. The number of ether oxygens (including phenoxy) is 1. The van der Waals surface area contributed by atoms with Gasteiger partial charge >= 0.3 is 0 Å².